The molecule has 0 spiro atoms. The lowest BCUT2D eigenvalue weighted by Crippen LogP contribution is -2.18. The van der Waals surface area contributed by atoms with Gasteiger partial charge in [0.05, 0.1) is 11.2 Å². The third kappa shape index (κ3) is 5.49. The van der Waals surface area contributed by atoms with Crippen LogP contribution in [-0.2, 0) is 0 Å². The summed E-state index contributed by atoms with van der Waals surface area (Å²) < 4.78 is 9.10. The van der Waals surface area contributed by atoms with Crippen molar-refractivity contribution in [1.82, 2.24) is 4.57 Å². The van der Waals surface area contributed by atoms with Crippen molar-refractivity contribution in [3.05, 3.63) is 212 Å². The van der Waals surface area contributed by atoms with Crippen LogP contribution >= 0.6 is 0 Å². The molecule has 2 heterocycles. The standard InChI is InChI=1S/C50H35N3O/c1-5-15-40(16-6-1)51(41-17-7-2-8-18-41)44-32-29-37(30-33-44)36-25-27-38(28-26-36)39-31-34-45-47(35-39)53(43-21-11-4-12-22-43)50-49(45)54-48-24-14-13-23-46(48)52(50)42-19-9-3-10-20-42/h1-35H. The van der Waals surface area contributed by atoms with E-state index in [1.165, 1.54) is 11.1 Å². The third-order valence-electron chi connectivity index (χ3n) is 10.2. The Morgan fingerprint density at radius 1 is 0.389 bits per heavy atom. The highest BCUT2D eigenvalue weighted by molar-refractivity contribution is 6.02. The van der Waals surface area contributed by atoms with Gasteiger partial charge in [-0.1, -0.05) is 127 Å². The lowest BCUT2D eigenvalue weighted by Gasteiger charge is -2.32. The summed E-state index contributed by atoms with van der Waals surface area (Å²) in [4.78, 5) is 4.61. The molecular weight excluding hydrogens is 659 g/mol. The van der Waals surface area contributed by atoms with Crippen LogP contribution in [0.5, 0.6) is 11.5 Å². The third-order valence-corrected chi connectivity index (χ3v) is 10.2. The van der Waals surface area contributed by atoms with Crippen LogP contribution in [0.25, 0.3) is 38.8 Å². The van der Waals surface area contributed by atoms with E-state index in [2.05, 4.69) is 215 Å². The smallest absolute Gasteiger partial charge is 0.178 e. The predicted molar refractivity (Wildman–Crippen MR) is 224 cm³/mol. The predicted octanol–water partition coefficient (Wildman–Crippen LogP) is 14.0. The molecule has 0 saturated heterocycles. The molecule has 0 atom stereocenters. The van der Waals surface area contributed by atoms with Gasteiger partial charge in [0.2, 0.25) is 0 Å². The van der Waals surface area contributed by atoms with E-state index in [9.17, 15) is 0 Å². The minimum absolute atomic E-state index is 0.835. The van der Waals surface area contributed by atoms with Crippen molar-refractivity contribution in [3.8, 4) is 39.4 Å². The highest BCUT2D eigenvalue weighted by atomic mass is 16.5. The first-order chi connectivity index (χ1) is 26.8. The monoisotopic (exact) mass is 693 g/mol. The molecule has 4 nitrogen and oxygen atoms in total. The molecule has 0 saturated carbocycles. The molecule has 1 aliphatic rings. The molecule has 9 aromatic rings. The molecular formula is C50H35N3O. The van der Waals surface area contributed by atoms with Gasteiger partial charge in [-0.05, 0) is 107 Å². The zero-order valence-corrected chi connectivity index (χ0v) is 29.5. The van der Waals surface area contributed by atoms with Gasteiger partial charge in [0.1, 0.15) is 0 Å². The van der Waals surface area contributed by atoms with Gasteiger partial charge in [-0.2, -0.15) is 0 Å². The summed E-state index contributed by atoms with van der Waals surface area (Å²) in [6.07, 6.45) is 0. The summed E-state index contributed by atoms with van der Waals surface area (Å²) in [6, 6.07) is 74.8. The van der Waals surface area contributed by atoms with Crippen molar-refractivity contribution < 1.29 is 4.74 Å². The molecule has 10 rings (SSSR count). The quantitative estimate of drug-likeness (QED) is 0.166. The molecule has 0 amide bonds. The van der Waals surface area contributed by atoms with Gasteiger partial charge in [0.15, 0.2) is 17.3 Å². The van der Waals surface area contributed by atoms with Crippen molar-refractivity contribution in [2.24, 2.45) is 0 Å². The van der Waals surface area contributed by atoms with Crippen molar-refractivity contribution in [1.29, 1.82) is 0 Å². The largest absolute Gasteiger partial charge is 0.451 e. The number of para-hydroxylation sites is 6. The number of rotatable bonds is 7. The summed E-state index contributed by atoms with van der Waals surface area (Å²) in [5, 5.41) is 1.06. The fourth-order valence-corrected chi connectivity index (χ4v) is 7.62. The topological polar surface area (TPSA) is 20.6 Å². The Balaban J connectivity index is 1.03. The zero-order chi connectivity index (χ0) is 35.8. The molecule has 0 bridgehead atoms. The van der Waals surface area contributed by atoms with Crippen LogP contribution in [0.1, 0.15) is 0 Å². The lowest BCUT2D eigenvalue weighted by atomic mass is 9.99. The number of benzene rings is 8. The molecule has 0 radical (unpaired) electrons. The van der Waals surface area contributed by atoms with Gasteiger partial charge in [-0.25, -0.2) is 0 Å². The highest BCUT2D eigenvalue weighted by Gasteiger charge is 2.33. The Morgan fingerprint density at radius 2 is 0.852 bits per heavy atom. The normalized spacial score (nSPS) is 11.8. The summed E-state index contributed by atoms with van der Waals surface area (Å²) in [5.74, 6) is 2.66. The molecule has 0 unspecified atom stereocenters. The van der Waals surface area contributed by atoms with Crippen molar-refractivity contribution in [2.75, 3.05) is 9.80 Å². The average Bonchev–Trinajstić information content (AvgIpc) is 3.57. The van der Waals surface area contributed by atoms with E-state index in [1.54, 1.807) is 0 Å². The van der Waals surface area contributed by atoms with Crippen molar-refractivity contribution >= 4 is 45.2 Å². The van der Waals surface area contributed by atoms with Gasteiger partial charge in [-0.15, -0.1) is 0 Å². The second-order valence-corrected chi connectivity index (χ2v) is 13.4. The Hall–Kier alpha value is -7.30. The van der Waals surface area contributed by atoms with E-state index in [0.717, 1.165) is 73.5 Å². The van der Waals surface area contributed by atoms with E-state index < -0.39 is 0 Å². The molecule has 0 fully saturated rings. The van der Waals surface area contributed by atoms with Crippen LogP contribution in [0.2, 0.25) is 0 Å². The van der Waals surface area contributed by atoms with Crippen LogP contribution in [0.15, 0.2) is 212 Å². The van der Waals surface area contributed by atoms with Gasteiger partial charge in [-0.3, -0.25) is 9.47 Å². The molecule has 256 valence electrons. The summed E-state index contributed by atoms with van der Waals surface area (Å²) in [5.41, 5.74) is 12.2. The maximum absolute atomic E-state index is 6.76. The fourth-order valence-electron chi connectivity index (χ4n) is 7.62. The zero-order valence-electron chi connectivity index (χ0n) is 29.5. The number of fused-ring (bicyclic) bond motifs is 4. The SMILES string of the molecule is c1ccc(N(c2ccccc2)c2ccc(-c3ccc(-c4ccc5c6c(n(-c7ccccc7)c5c4)N(c4ccccc4)c4ccccc4O6)cc3)cc2)cc1. The molecule has 54 heavy (non-hydrogen) atoms. The van der Waals surface area contributed by atoms with Gasteiger partial charge in [0, 0.05) is 33.8 Å². The highest BCUT2D eigenvalue weighted by Crippen LogP contribution is 2.55. The van der Waals surface area contributed by atoms with Crippen LogP contribution < -0.4 is 14.5 Å². The Bertz CT molecular complexity index is 2670. The summed E-state index contributed by atoms with van der Waals surface area (Å²) >= 11 is 0. The Kier molecular flexibility index (Phi) is 7.77. The van der Waals surface area contributed by atoms with E-state index in [4.69, 9.17) is 4.74 Å². The number of hydrogen-bond acceptors (Lipinski definition) is 3. The van der Waals surface area contributed by atoms with E-state index in [0.29, 0.717) is 0 Å². The van der Waals surface area contributed by atoms with Crippen LogP contribution in [0, 0.1) is 0 Å². The average molecular weight is 694 g/mol. The van der Waals surface area contributed by atoms with Crippen molar-refractivity contribution in [3.63, 3.8) is 0 Å². The summed E-state index contributed by atoms with van der Waals surface area (Å²) in [7, 11) is 0. The first kappa shape index (κ1) is 31.4. The van der Waals surface area contributed by atoms with E-state index in [-0.39, 0.29) is 0 Å². The molecule has 0 N–H and O–H groups in total. The lowest BCUT2D eigenvalue weighted by molar-refractivity contribution is 0.481. The first-order valence-electron chi connectivity index (χ1n) is 18.3. The van der Waals surface area contributed by atoms with Crippen LogP contribution in [0.3, 0.4) is 0 Å². The van der Waals surface area contributed by atoms with Gasteiger partial charge >= 0.3 is 0 Å². The minimum atomic E-state index is 0.835. The Labute approximate surface area is 315 Å². The van der Waals surface area contributed by atoms with Gasteiger partial charge < -0.3 is 9.64 Å². The second kappa shape index (κ2) is 13.4. The Morgan fingerprint density at radius 3 is 1.46 bits per heavy atom. The molecule has 1 aliphatic heterocycles. The molecule has 1 aromatic heterocycles. The summed E-state index contributed by atoms with van der Waals surface area (Å²) in [6.45, 7) is 0. The maximum Gasteiger partial charge on any atom is 0.178 e. The van der Waals surface area contributed by atoms with E-state index >= 15 is 0 Å². The number of ether oxygens (including phenoxy) is 1. The van der Waals surface area contributed by atoms with Crippen LogP contribution in [-0.4, -0.2) is 4.57 Å². The van der Waals surface area contributed by atoms with Crippen molar-refractivity contribution in [2.45, 2.75) is 0 Å². The number of anilines is 6. The second-order valence-electron chi connectivity index (χ2n) is 13.4. The maximum atomic E-state index is 6.76. The number of nitrogens with zero attached hydrogens (tertiary/aromatic N) is 3. The number of aromatic nitrogens is 1. The molecule has 8 aromatic carbocycles. The minimum Gasteiger partial charge on any atom is -0.451 e. The van der Waals surface area contributed by atoms with Crippen LogP contribution in [0.4, 0.5) is 34.3 Å². The molecule has 4 heteroatoms. The first-order valence-corrected chi connectivity index (χ1v) is 18.3. The molecule has 0 aliphatic carbocycles. The van der Waals surface area contributed by atoms with Gasteiger partial charge in [0.25, 0.3) is 0 Å². The number of hydrogen-bond donors (Lipinski definition) is 0. The fraction of sp³-hybridized carbons (Fsp3) is 0. The van der Waals surface area contributed by atoms with E-state index in [1.807, 2.05) is 12.1 Å².